The first-order valence-electron chi connectivity index (χ1n) is 11.8. The van der Waals surface area contributed by atoms with Crippen LogP contribution in [-0.4, -0.2) is 41.3 Å². The molecule has 1 aliphatic rings. The van der Waals surface area contributed by atoms with Crippen molar-refractivity contribution in [2.24, 2.45) is 11.7 Å². The van der Waals surface area contributed by atoms with E-state index >= 15 is 0 Å². The first kappa shape index (κ1) is 25.5. The van der Waals surface area contributed by atoms with Crippen molar-refractivity contribution < 1.29 is 14.6 Å². The molecule has 2 aromatic carbocycles. The van der Waals surface area contributed by atoms with E-state index in [0.29, 0.717) is 37.5 Å². The number of amides is 1. The highest BCUT2D eigenvalue weighted by Crippen LogP contribution is 2.45. The van der Waals surface area contributed by atoms with Gasteiger partial charge in [0.25, 0.3) is 0 Å². The van der Waals surface area contributed by atoms with Gasteiger partial charge in [0.1, 0.15) is 5.60 Å². The van der Waals surface area contributed by atoms with Crippen molar-refractivity contribution in [3.63, 3.8) is 0 Å². The Bertz CT molecular complexity index is 972. The van der Waals surface area contributed by atoms with Crippen LogP contribution in [0.5, 0.6) is 0 Å². The summed E-state index contributed by atoms with van der Waals surface area (Å²) in [5, 5.41) is 12.9. The van der Waals surface area contributed by atoms with E-state index in [1.54, 1.807) is 4.90 Å². The number of hydrogen-bond acceptors (Lipinski definition) is 4. The number of hydrogen-bond donors (Lipinski definition) is 2. The zero-order chi connectivity index (χ0) is 24.2. The van der Waals surface area contributed by atoms with E-state index in [4.69, 9.17) is 22.1 Å². The Labute approximate surface area is 202 Å². The molecule has 0 bridgehead atoms. The van der Waals surface area contributed by atoms with E-state index in [1.807, 2.05) is 64.1 Å². The molecule has 180 valence electrons. The van der Waals surface area contributed by atoms with Gasteiger partial charge >= 0.3 is 6.09 Å². The maximum atomic E-state index is 12.8. The second-order valence-electron chi connectivity index (χ2n) is 10.1. The van der Waals surface area contributed by atoms with Crippen LogP contribution in [0.25, 0.3) is 11.1 Å². The molecule has 1 aliphatic heterocycles. The second-order valence-corrected chi connectivity index (χ2v) is 10.5. The number of rotatable bonds is 6. The predicted molar refractivity (Wildman–Crippen MR) is 134 cm³/mol. The van der Waals surface area contributed by atoms with E-state index in [2.05, 4.69) is 6.07 Å². The van der Waals surface area contributed by atoms with E-state index in [-0.39, 0.29) is 12.0 Å². The first-order chi connectivity index (χ1) is 15.5. The molecule has 6 heteroatoms. The number of nitrogens with zero attached hydrogens (tertiary/aromatic N) is 1. The summed E-state index contributed by atoms with van der Waals surface area (Å²) in [6, 6.07) is 13.9. The number of nitrogens with two attached hydrogens (primary N) is 1. The van der Waals surface area contributed by atoms with Crippen LogP contribution in [0.4, 0.5) is 4.79 Å². The molecule has 1 saturated heterocycles. The molecule has 0 spiro atoms. The summed E-state index contributed by atoms with van der Waals surface area (Å²) in [5.74, 6) is -0.160. The van der Waals surface area contributed by atoms with Crippen LogP contribution in [0.1, 0.15) is 57.6 Å². The number of aliphatic hydroxyl groups is 1. The third kappa shape index (κ3) is 6.08. The van der Waals surface area contributed by atoms with Gasteiger partial charge in [0.05, 0.1) is 5.60 Å². The maximum absolute atomic E-state index is 12.8. The van der Waals surface area contributed by atoms with Crippen molar-refractivity contribution in [3.05, 3.63) is 58.6 Å². The average Bonchev–Trinajstić information content (AvgIpc) is 2.76. The lowest BCUT2D eigenvalue weighted by molar-refractivity contribution is -0.0626. The van der Waals surface area contributed by atoms with Crippen LogP contribution in [-0.2, 0) is 10.3 Å². The molecule has 3 rings (SSSR count). The molecule has 3 N–H and O–H groups in total. The minimum absolute atomic E-state index is 0.160. The van der Waals surface area contributed by atoms with Gasteiger partial charge in [-0.2, -0.15) is 0 Å². The van der Waals surface area contributed by atoms with Gasteiger partial charge in [-0.05, 0) is 77.1 Å². The van der Waals surface area contributed by atoms with Crippen LogP contribution >= 0.6 is 11.6 Å². The number of carbonyl (C=O) groups is 1. The number of likely N-dealkylation sites (tertiary alicyclic amines) is 1. The molecule has 0 aliphatic carbocycles. The average molecular weight is 473 g/mol. The van der Waals surface area contributed by atoms with Crippen molar-refractivity contribution in [1.82, 2.24) is 4.90 Å². The third-order valence-corrected chi connectivity index (χ3v) is 6.61. The molecule has 5 nitrogen and oxygen atoms in total. The largest absolute Gasteiger partial charge is 0.444 e. The zero-order valence-corrected chi connectivity index (χ0v) is 21.0. The van der Waals surface area contributed by atoms with Crippen LogP contribution in [0.3, 0.4) is 0 Å². The summed E-state index contributed by atoms with van der Waals surface area (Å²) in [7, 11) is 0. The molecule has 2 aromatic rings. The number of ether oxygens (including phenoxy) is 1. The predicted octanol–water partition coefficient (Wildman–Crippen LogP) is 5.89. The second kappa shape index (κ2) is 10.5. The van der Waals surface area contributed by atoms with Gasteiger partial charge in [0.2, 0.25) is 0 Å². The molecule has 33 heavy (non-hydrogen) atoms. The van der Waals surface area contributed by atoms with Crippen LogP contribution in [0.2, 0.25) is 5.02 Å². The summed E-state index contributed by atoms with van der Waals surface area (Å²) in [4.78, 5) is 14.5. The van der Waals surface area contributed by atoms with Gasteiger partial charge < -0.3 is 20.5 Å². The van der Waals surface area contributed by atoms with Gasteiger partial charge in [-0.15, -0.1) is 0 Å². The Morgan fingerprint density at radius 2 is 1.97 bits per heavy atom. The Morgan fingerprint density at radius 1 is 1.24 bits per heavy atom. The third-order valence-electron chi connectivity index (χ3n) is 6.30. The summed E-state index contributed by atoms with van der Waals surface area (Å²) < 4.78 is 5.61. The van der Waals surface area contributed by atoms with Gasteiger partial charge in [-0.3, -0.25) is 0 Å². The van der Waals surface area contributed by atoms with Crippen LogP contribution in [0, 0.1) is 12.8 Å². The van der Waals surface area contributed by atoms with Gasteiger partial charge in [0, 0.05) is 29.6 Å². The van der Waals surface area contributed by atoms with Crippen LogP contribution < -0.4 is 5.73 Å². The molecular weight excluding hydrogens is 436 g/mol. The van der Waals surface area contributed by atoms with Gasteiger partial charge in [-0.1, -0.05) is 53.6 Å². The van der Waals surface area contributed by atoms with E-state index in [0.717, 1.165) is 35.1 Å². The zero-order valence-electron chi connectivity index (χ0n) is 20.2. The minimum Gasteiger partial charge on any atom is -0.444 e. The molecule has 2 unspecified atom stereocenters. The van der Waals surface area contributed by atoms with E-state index in [9.17, 15) is 9.90 Å². The maximum Gasteiger partial charge on any atom is 0.410 e. The summed E-state index contributed by atoms with van der Waals surface area (Å²) in [6.07, 6.45) is 2.43. The Morgan fingerprint density at radius 3 is 2.64 bits per heavy atom. The lowest BCUT2D eigenvalue weighted by Crippen LogP contribution is -2.49. The highest BCUT2D eigenvalue weighted by atomic mass is 35.5. The fourth-order valence-corrected chi connectivity index (χ4v) is 5.05. The number of halogens is 1. The molecular formula is C27H37ClN2O3. The van der Waals surface area contributed by atoms with Crippen molar-refractivity contribution in [2.45, 2.75) is 64.6 Å². The fraction of sp³-hybridized carbons (Fsp3) is 0.519. The molecule has 1 heterocycles. The number of aryl methyl sites for hydroxylation is 1. The lowest BCUT2D eigenvalue weighted by Gasteiger charge is -2.43. The standard InChI is InChI=1S/C27H37ClN2O3/c1-19-9-5-10-20(17-19)24-22(12-6-13-23(24)28)27(32,14-8-15-29)21-11-7-16-30(18-21)25(31)33-26(2,3)4/h5-6,9-10,12-13,17,21,32H,7-8,11,14-16,18,29H2,1-4H3. The molecule has 0 saturated carbocycles. The summed E-state index contributed by atoms with van der Waals surface area (Å²) in [5.41, 5.74) is 7.86. The fourth-order valence-electron chi connectivity index (χ4n) is 4.77. The Balaban J connectivity index is 2.03. The SMILES string of the molecule is Cc1cccc(-c2c(Cl)cccc2C(O)(CCCN)C2CCCN(C(=O)OC(C)(C)C)C2)c1. The topological polar surface area (TPSA) is 75.8 Å². The molecule has 1 amide bonds. The van der Waals surface area contributed by atoms with E-state index in [1.165, 1.54) is 0 Å². The van der Waals surface area contributed by atoms with Crippen molar-refractivity contribution in [1.29, 1.82) is 0 Å². The minimum atomic E-state index is -1.18. The Kier molecular flexibility index (Phi) is 8.09. The highest BCUT2D eigenvalue weighted by molar-refractivity contribution is 6.33. The van der Waals surface area contributed by atoms with Crippen molar-refractivity contribution in [3.8, 4) is 11.1 Å². The van der Waals surface area contributed by atoms with Gasteiger partial charge in [-0.25, -0.2) is 4.79 Å². The molecule has 1 fully saturated rings. The Hall–Kier alpha value is -2.08. The molecule has 2 atom stereocenters. The molecule has 0 radical (unpaired) electrons. The quantitative estimate of drug-likeness (QED) is 0.549. The highest BCUT2D eigenvalue weighted by Gasteiger charge is 2.43. The number of piperidine rings is 1. The summed E-state index contributed by atoms with van der Waals surface area (Å²) >= 11 is 6.73. The normalized spacial score (nSPS) is 18.6. The van der Waals surface area contributed by atoms with Gasteiger partial charge in [0.15, 0.2) is 0 Å². The first-order valence-corrected chi connectivity index (χ1v) is 12.2. The lowest BCUT2D eigenvalue weighted by atomic mass is 9.72. The van der Waals surface area contributed by atoms with Crippen molar-refractivity contribution in [2.75, 3.05) is 19.6 Å². The smallest absolute Gasteiger partial charge is 0.410 e. The molecule has 0 aromatic heterocycles. The van der Waals surface area contributed by atoms with Crippen LogP contribution in [0.15, 0.2) is 42.5 Å². The number of benzene rings is 2. The van der Waals surface area contributed by atoms with E-state index < -0.39 is 11.2 Å². The summed E-state index contributed by atoms with van der Waals surface area (Å²) in [6.45, 7) is 9.16. The number of carbonyl (C=O) groups excluding carboxylic acids is 1. The monoisotopic (exact) mass is 472 g/mol. The van der Waals surface area contributed by atoms with Crippen molar-refractivity contribution >= 4 is 17.7 Å².